The number of carbonyl (C=O) groups excluding carboxylic acids is 9. The SMILES string of the molecule is C.C.C.C.C.C.CC(=O)O.CC(=O)O.CCN=C=NC.CCN=C=NC.CN.CNC(=O)OC(C)(C)C.CNC(=O)OC(C)(C)C.CNC(=O)OC(C)(C)C.CNC(C)=O.CNC(C)=O.CNC(C)=O.CNC(C)=O.CNC(C)=O.CNC(C)=O.CNCl.CNCl.[3H][B].[3H][B].[Fm].[Fm]. The van der Waals surface area contributed by atoms with Crippen LogP contribution in [0.1, 0.15) is 176 Å². The molecule has 95 heavy (non-hydrogen) atoms. The number of amides is 9. The van der Waals surface area contributed by atoms with E-state index in [1.54, 1.807) is 70.5 Å². The number of carboxylic acid groups (broad SMARTS) is 2. The molecule has 592 valence electrons. The average molecular weight is 1920 g/mol. The van der Waals surface area contributed by atoms with Gasteiger partial charge in [0, 0.05) is 163 Å². The van der Waals surface area contributed by atoms with Crippen LogP contribution >= 0.6 is 23.6 Å². The van der Waals surface area contributed by atoms with Crippen molar-refractivity contribution >= 4 is 118 Å². The molecule has 0 aliphatic heterocycles. The summed E-state index contributed by atoms with van der Waals surface area (Å²) in [5.74, 6) is -1.64. The normalized spacial score (nSPS) is 7.07. The molecule has 0 rings (SSSR count). The van der Waals surface area contributed by atoms with Gasteiger partial charge in [-0.25, -0.2) is 44.0 Å². The minimum atomic E-state index is -0.833. The average Bonchev–Trinajstić information content (AvgIpc) is 3.43. The largest absolute Gasteiger partial charge is 0.481 e. The molecule has 0 unspecified atom stereocenters. The van der Waals surface area contributed by atoms with E-state index in [-0.39, 0.29) is 115 Å². The van der Waals surface area contributed by atoms with Crippen molar-refractivity contribution in [3.8, 4) is 0 Å². The van der Waals surface area contributed by atoms with E-state index in [1.165, 1.54) is 69.7 Å². The summed E-state index contributed by atoms with van der Waals surface area (Å²) in [6.45, 7) is 32.8. The standard InChI is InChI=1S/3C6H13NO2.2C4H8N2.6C3H7NO.2C2H4O2.2CH4ClN.CH5N.6CH4.2BH.2Fm/c3*1-6(2,3)9-5(8)7-4;2*1-3-6-4-5-2;6*1-3(5)4-2;2*1-2(3)4;2*1-3-2;1-2;;;;;;;;;;/h3*1-4H3,(H,7,8);2*3H2,1-2H3;6*1-2H3,(H,4,5);2*1H3,(H,3,4);2*3H,1H3;2H2,1H3;6*1H4;2*1H;;/i;;;;;;;;;;;;;;;;;;;;;;2*1T;;. The van der Waals surface area contributed by atoms with Crippen molar-refractivity contribution in [1.29, 1.82) is 2.67 Å². The Morgan fingerprint density at radius 3 is 0.505 bits per heavy atom. The molecular formula is C57H144B2Cl2Fm2N16O16. The third-order valence-electron chi connectivity index (χ3n) is 4.58. The summed E-state index contributed by atoms with van der Waals surface area (Å²) in [5.41, 5.74) is 3.33. The Morgan fingerprint density at radius 1 is 0.389 bits per heavy atom. The van der Waals surface area contributed by atoms with E-state index >= 15 is 0 Å². The third kappa shape index (κ3) is 652. The van der Waals surface area contributed by atoms with E-state index in [2.05, 4.69) is 112 Å². The summed E-state index contributed by atoms with van der Waals surface area (Å²) >= 11 is 9.50. The first-order valence-electron chi connectivity index (χ1n) is 26.1. The Balaban J connectivity index is -0.0000000231. The quantitative estimate of drug-likeness (QED) is 0.0603. The number of carboxylic acids is 2. The van der Waals surface area contributed by atoms with Crippen molar-refractivity contribution < 1.29 is 77.2 Å². The number of hydrogen-bond acceptors (Lipinski definition) is 21. The molecule has 4 radical (unpaired) electrons. The first kappa shape index (κ1) is 162. The van der Waals surface area contributed by atoms with Crippen molar-refractivity contribution in [3.63, 3.8) is 0 Å². The maximum absolute atomic E-state index is 10.5. The van der Waals surface area contributed by atoms with Gasteiger partial charge < -0.3 is 78.0 Å². The number of hydrogen-bond donors (Lipinski definition) is 14. The van der Waals surface area contributed by atoms with Crippen LogP contribution in [0, 0.1) is 0 Å². The number of nitrogens with zero attached hydrogens (tertiary/aromatic N) is 4. The molecule has 15 N–H and O–H groups in total. The van der Waals surface area contributed by atoms with E-state index in [0.29, 0.717) is 0 Å². The summed E-state index contributed by atoms with van der Waals surface area (Å²) in [6.07, 6.45) is -1.16. The predicted molar refractivity (Wildman–Crippen MR) is 398 cm³/mol. The maximum Gasteiger partial charge on any atom is 0.407 e. The van der Waals surface area contributed by atoms with Gasteiger partial charge in [-0.1, -0.05) is 44.6 Å². The summed E-state index contributed by atoms with van der Waals surface area (Å²) in [6, 6.07) is 4.90. The van der Waals surface area contributed by atoms with E-state index in [9.17, 15) is 43.2 Å². The molecule has 0 atom stereocenters. The van der Waals surface area contributed by atoms with Gasteiger partial charge in [-0.05, 0) is 124 Å². The number of carbonyl (C=O) groups is 11. The van der Waals surface area contributed by atoms with Gasteiger partial charge in [0.15, 0.2) is 0 Å². The Bertz CT molecular complexity index is 1510. The van der Waals surface area contributed by atoms with Crippen LogP contribution in [-0.4, -0.2) is 236 Å². The second kappa shape index (κ2) is 146. The van der Waals surface area contributed by atoms with Crippen molar-refractivity contribution in [2.24, 2.45) is 25.7 Å². The molecule has 0 aliphatic carbocycles. The van der Waals surface area contributed by atoms with Crippen molar-refractivity contribution in [1.82, 2.24) is 57.5 Å². The van der Waals surface area contributed by atoms with E-state index < -0.39 is 11.9 Å². The molecular weight excluding hydrogens is 1770 g/mol. The van der Waals surface area contributed by atoms with Gasteiger partial charge in [0.2, 0.25) is 35.4 Å². The van der Waals surface area contributed by atoms with Crippen LogP contribution in [0.2, 0.25) is 0 Å². The van der Waals surface area contributed by atoms with Crippen LogP contribution < -0.4 is 63.3 Å². The number of aliphatic carboxylic acids is 2. The van der Waals surface area contributed by atoms with Crippen molar-refractivity contribution in [3.05, 3.63) is 0 Å². The van der Waals surface area contributed by atoms with Gasteiger partial charge in [-0.15, -0.1) is 0 Å². The van der Waals surface area contributed by atoms with E-state index in [4.69, 9.17) is 60.2 Å². The molecule has 38 heteroatoms. The van der Waals surface area contributed by atoms with Crippen LogP contribution in [0.4, 0.5) is 14.4 Å². The third-order valence-corrected chi connectivity index (χ3v) is 4.58. The van der Waals surface area contributed by atoms with Gasteiger partial charge >= 0.3 is 18.3 Å². The van der Waals surface area contributed by atoms with Crippen LogP contribution in [0.15, 0.2) is 20.0 Å². The Morgan fingerprint density at radius 2 is 0.484 bits per heavy atom. The van der Waals surface area contributed by atoms with Crippen LogP contribution in [0.3, 0.4) is 0 Å². The number of aliphatic imine (C=N–C) groups is 4. The van der Waals surface area contributed by atoms with Gasteiger partial charge in [0.25, 0.3) is 11.9 Å². The second-order valence-electron chi connectivity index (χ2n) is 16.1. The molecule has 0 aliphatic rings. The predicted octanol–water partition coefficient (Wildman–Crippen LogP) is 6.55. The Hall–Kier alpha value is -9.08. The number of ether oxygens (including phenoxy) is 3. The topological polar surface area (TPSA) is 464 Å². The second-order valence-corrected chi connectivity index (χ2v) is 16.9. The summed E-state index contributed by atoms with van der Waals surface area (Å²) in [5, 5.41) is 36.2. The zero-order chi connectivity index (χ0) is 76.4. The molecule has 0 heterocycles. The van der Waals surface area contributed by atoms with Crippen LogP contribution in [0.25, 0.3) is 0 Å². The fourth-order valence-corrected chi connectivity index (χ4v) is 1.27. The van der Waals surface area contributed by atoms with Gasteiger partial charge in [0.05, 0.1) is 12.0 Å². The van der Waals surface area contributed by atoms with Crippen LogP contribution in [-0.2, 0) is 52.6 Å². The van der Waals surface area contributed by atoms with Gasteiger partial charge in [-0.2, -0.15) is 0 Å². The number of halogens is 2. The number of nitrogens with one attached hydrogen (secondary N) is 11. The monoisotopic (exact) mass is 1920 g/mol. The van der Waals surface area contributed by atoms with E-state index in [0.717, 1.165) is 26.9 Å². The van der Waals surface area contributed by atoms with Crippen molar-refractivity contribution in [2.75, 3.05) is 112 Å². The molecule has 0 saturated heterocycles. The zero-order valence-electron chi connectivity index (χ0n) is 61.4. The molecule has 0 saturated carbocycles. The first-order chi connectivity index (χ1) is 40.6. The Kier molecular flexibility index (Phi) is 249. The number of rotatable bonds is 2. The minimum absolute atomic E-state index is 0. The molecule has 0 aromatic heterocycles. The van der Waals surface area contributed by atoms with Gasteiger partial charge in [0.1, 0.15) is 16.8 Å². The summed E-state index contributed by atoms with van der Waals surface area (Å²) in [4.78, 5) is 126. The molecule has 0 aromatic carbocycles. The van der Waals surface area contributed by atoms with Crippen molar-refractivity contribution in [2.45, 2.75) is 193 Å². The maximum atomic E-state index is 10.5. The fourth-order valence-electron chi connectivity index (χ4n) is 1.27. The van der Waals surface area contributed by atoms with Crippen LogP contribution in [0.5, 0.6) is 0 Å². The number of nitrogens with two attached hydrogens (primary N) is 1. The van der Waals surface area contributed by atoms with Gasteiger partial charge in [-0.3, -0.25) is 38.4 Å². The zero-order valence-corrected chi connectivity index (χ0v) is 65.7. The summed E-state index contributed by atoms with van der Waals surface area (Å²) < 4.78 is 25.0. The fraction of sp³-hybridized carbons (Fsp3) is 0.772. The summed E-state index contributed by atoms with van der Waals surface area (Å²) in [7, 11) is 29.8. The minimum Gasteiger partial charge on any atom is -0.481 e. The number of alkyl carbamates (subject to hydrolysis) is 3. The van der Waals surface area contributed by atoms with E-state index in [1.807, 2.05) is 76.2 Å². The molecule has 32 nitrogen and oxygen atoms in total. The smallest absolute Gasteiger partial charge is 0.407 e. The first-order valence-corrected chi connectivity index (χ1v) is 25.7. The molecule has 0 aromatic rings. The molecule has 0 bridgehead atoms. The molecule has 0 spiro atoms. The molecule has 9 amide bonds. The Labute approximate surface area is 583 Å². The molecule has 0 fully saturated rings.